The zero-order valence-electron chi connectivity index (χ0n) is 8.45. The van der Waals surface area contributed by atoms with Gasteiger partial charge in [-0.25, -0.2) is 0 Å². The van der Waals surface area contributed by atoms with E-state index in [0.29, 0.717) is 6.42 Å². The molecule has 4 atom stereocenters. The van der Waals surface area contributed by atoms with Gasteiger partial charge >= 0.3 is 0 Å². The second-order valence-corrected chi connectivity index (χ2v) is 5.18. The van der Waals surface area contributed by atoms with Crippen LogP contribution in [0.4, 0.5) is 0 Å². The largest absolute Gasteiger partial charge is 0.392 e. The van der Waals surface area contributed by atoms with Crippen molar-refractivity contribution in [3.63, 3.8) is 0 Å². The summed E-state index contributed by atoms with van der Waals surface area (Å²) in [5.74, 6) is 0.247. The van der Waals surface area contributed by atoms with E-state index in [1.165, 1.54) is 0 Å². The lowest BCUT2D eigenvalue weighted by Gasteiger charge is -2.45. The van der Waals surface area contributed by atoms with Crippen molar-refractivity contribution in [1.29, 1.82) is 0 Å². The molecule has 0 radical (unpaired) electrons. The van der Waals surface area contributed by atoms with Gasteiger partial charge in [-0.15, -0.1) is 0 Å². The molecule has 0 amide bonds. The second kappa shape index (κ2) is 2.39. The molecule has 0 unspecified atom stereocenters. The van der Waals surface area contributed by atoms with Crippen LogP contribution in [0.2, 0.25) is 0 Å². The molecule has 1 N–H and O–H groups in total. The van der Waals surface area contributed by atoms with Crippen LogP contribution in [-0.2, 0) is 9.53 Å². The maximum absolute atomic E-state index is 11.5. The van der Waals surface area contributed by atoms with E-state index in [4.69, 9.17) is 4.74 Å². The van der Waals surface area contributed by atoms with Crippen LogP contribution >= 0.6 is 0 Å². The molecular weight excluding hydrogens is 180 g/mol. The molecule has 0 aromatic carbocycles. The summed E-state index contributed by atoms with van der Waals surface area (Å²) < 4.78 is 5.65. The highest BCUT2D eigenvalue weighted by Crippen LogP contribution is 2.63. The quantitative estimate of drug-likeness (QED) is 0.589. The van der Waals surface area contributed by atoms with Crippen LogP contribution < -0.4 is 0 Å². The maximum Gasteiger partial charge on any atom is 0.164 e. The SMILES string of the molecule is C[C@@]12CCC(=O)[C@@H]3O[C@@]31CCC[C@H]2O. The Bertz CT molecular complexity index is 301. The van der Waals surface area contributed by atoms with Gasteiger partial charge in [-0.05, 0) is 25.7 Å². The Hall–Kier alpha value is -0.410. The molecule has 0 aromatic heterocycles. The minimum Gasteiger partial charge on any atom is -0.392 e. The minimum atomic E-state index is -0.283. The molecule has 3 heteroatoms. The van der Waals surface area contributed by atoms with Crippen molar-refractivity contribution in [2.75, 3.05) is 0 Å². The first-order chi connectivity index (χ1) is 6.60. The molecule has 3 aliphatic rings. The highest BCUT2D eigenvalue weighted by atomic mass is 16.6. The molecule has 0 aromatic rings. The van der Waals surface area contributed by atoms with Gasteiger partial charge in [0, 0.05) is 11.8 Å². The van der Waals surface area contributed by atoms with E-state index >= 15 is 0 Å². The Balaban J connectivity index is 1.99. The van der Waals surface area contributed by atoms with E-state index in [1.54, 1.807) is 0 Å². The van der Waals surface area contributed by atoms with Gasteiger partial charge in [0.1, 0.15) is 11.7 Å². The summed E-state index contributed by atoms with van der Waals surface area (Å²) in [6.07, 6.45) is 3.72. The first-order valence-corrected chi connectivity index (χ1v) is 5.49. The van der Waals surface area contributed by atoms with Gasteiger partial charge in [0.25, 0.3) is 0 Å². The molecule has 2 saturated carbocycles. The third-order valence-electron chi connectivity index (χ3n) is 4.61. The van der Waals surface area contributed by atoms with E-state index in [0.717, 1.165) is 25.7 Å². The van der Waals surface area contributed by atoms with Crippen molar-refractivity contribution in [2.45, 2.75) is 56.8 Å². The van der Waals surface area contributed by atoms with Crippen LogP contribution in [0.1, 0.15) is 39.0 Å². The molecule has 3 rings (SSSR count). The number of hydrogen-bond acceptors (Lipinski definition) is 3. The van der Waals surface area contributed by atoms with Gasteiger partial charge < -0.3 is 9.84 Å². The van der Waals surface area contributed by atoms with Crippen molar-refractivity contribution in [2.24, 2.45) is 5.41 Å². The smallest absolute Gasteiger partial charge is 0.164 e. The Labute approximate surface area is 83.4 Å². The molecule has 1 spiro atoms. The molecule has 3 fully saturated rings. The Morgan fingerprint density at radius 1 is 1.50 bits per heavy atom. The first kappa shape index (κ1) is 8.86. The molecular formula is C11H16O3. The lowest BCUT2D eigenvalue weighted by Crippen LogP contribution is -2.53. The average molecular weight is 196 g/mol. The first-order valence-electron chi connectivity index (χ1n) is 5.49. The summed E-state index contributed by atoms with van der Waals surface area (Å²) in [4.78, 5) is 11.5. The normalized spacial score (nSPS) is 56.3. The number of aliphatic hydroxyl groups excluding tert-OH is 1. The number of epoxide rings is 1. The summed E-state index contributed by atoms with van der Waals surface area (Å²) >= 11 is 0. The third-order valence-corrected chi connectivity index (χ3v) is 4.61. The predicted molar refractivity (Wildman–Crippen MR) is 49.8 cm³/mol. The van der Waals surface area contributed by atoms with E-state index in [2.05, 4.69) is 6.92 Å². The number of ether oxygens (including phenoxy) is 1. The van der Waals surface area contributed by atoms with Crippen LogP contribution in [0.15, 0.2) is 0 Å². The van der Waals surface area contributed by atoms with Gasteiger partial charge in [-0.3, -0.25) is 4.79 Å². The zero-order chi connectivity index (χ0) is 9.97. The highest BCUT2D eigenvalue weighted by Gasteiger charge is 2.73. The average Bonchev–Trinajstić information content (AvgIpc) is 2.87. The summed E-state index contributed by atoms with van der Waals surface area (Å²) in [6.45, 7) is 2.09. The van der Waals surface area contributed by atoms with E-state index in [9.17, 15) is 9.90 Å². The minimum absolute atomic E-state index is 0.163. The van der Waals surface area contributed by atoms with Crippen LogP contribution in [-0.4, -0.2) is 28.7 Å². The number of Topliss-reactive ketones (excluding diaryl/α,β-unsaturated/α-hetero) is 1. The number of rotatable bonds is 0. The molecule has 3 nitrogen and oxygen atoms in total. The van der Waals surface area contributed by atoms with Gasteiger partial charge in [0.2, 0.25) is 0 Å². The molecule has 14 heavy (non-hydrogen) atoms. The van der Waals surface area contributed by atoms with E-state index in [-0.39, 0.29) is 29.0 Å². The molecule has 1 aliphatic heterocycles. The van der Waals surface area contributed by atoms with Gasteiger partial charge in [0.05, 0.1) is 6.10 Å². The zero-order valence-corrected chi connectivity index (χ0v) is 8.45. The molecule has 2 aliphatic carbocycles. The van der Waals surface area contributed by atoms with Crippen molar-refractivity contribution in [3.05, 3.63) is 0 Å². The third kappa shape index (κ3) is 0.789. The van der Waals surface area contributed by atoms with Crippen LogP contribution in [0, 0.1) is 5.41 Å². The highest BCUT2D eigenvalue weighted by molar-refractivity contribution is 5.88. The van der Waals surface area contributed by atoms with E-state index < -0.39 is 0 Å². The summed E-state index contributed by atoms with van der Waals surface area (Å²) in [5.41, 5.74) is -0.441. The Morgan fingerprint density at radius 2 is 2.29 bits per heavy atom. The lowest BCUT2D eigenvalue weighted by molar-refractivity contribution is -0.125. The molecule has 1 heterocycles. The number of carbonyl (C=O) groups excluding carboxylic acids is 1. The number of carbonyl (C=O) groups is 1. The van der Waals surface area contributed by atoms with Crippen molar-refractivity contribution >= 4 is 5.78 Å². The van der Waals surface area contributed by atoms with Crippen LogP contribution in [0.5, 0.6) is 0 Å². The van der Waals surface area contributed by atoms with Crippen molar-refractivity contribution in [1.82, 2.24) is 0 Å². The van der Waals surface area contributed by atoms with Crippen LogP contribution in [0.3, 0.4) is 0 Å². The fourth-order valence-corrected chi connectivity index (χ4v) is 3.46. The van der Waals surface area contributed by atoms with Gasteiger partial charge in [-0.2, -0.15) is 0 Å². The fourth-order valence-electron chi connectivity index (χ4n) is 3.46. The topological polar surface area (TPSA) is 49.8 Å². The molecule has 1 saturated heterocycles. The fraction of sp³-hybridized carbons (Fsp3) is 0.909. The molecule has 78 valence electrons. The standard InChI is InChI=1S/C11H16O3/c1-10-6-4-7(12)9-11(10,14-9)5-2-3-8(10)13/h8-9,13H,2-6H2,1H3/t8-,9+,10+,11+/m1/s1. The summed E-state index contributed by atoms with van der Waals surface area (Å²) in [7, 11) is 0. The monoisotopic (exact) mass is 196 g/mol. The number of aliphatic hydroxyl groups is 1. The van der Waals surface area contributed by atoms with E-state index in [1.807, 2.05) is 0 Å². The number of hydrogen-bond donors (Lipinski definition) is 1. The Morgan fingerprint density at radius 3 is 3.07 bits per heavy atom. The maximum atomic E-state index is 11.5. The lowest BCUT2D eigenvalue weighted by atomic mass is 9.58. The second-order valence-electron chi connectivity index (χ2n) is 5.18. The van der Waals surface area contributed by atoms with Crippen molar-refractivity contribution in [3.8, 4) is 0 Å². The number of ketones is 1. The van der Waals surface area contributed by atoms with Crippen molar-refractivity contribution < 1.29 is 14.6 Å². The summed E-state index contributed by atoms with van der Waals surface area (Å²) in [5, 5.41) is 10.1. The predicted octanol–water partition coefficient (Wildman–Crippen LogP) is 1.04. The van der Waals surface area contributed by atoms with Gasteiger partial charge in [0.15, 0.2) is 5.78 Å². The molecule has 0 bridgehead atoms. The van der Waals surface area contributed by atoms with Crippen LogP contribution in [0.25, 0.3) is 0 Å². The Kier molecular flexibility index (Phi) is 1.51. The van der Waals surface area contributed by atoms with Gasteiger partial charge in [-0.1, -0.05) is 6.92 Å². The summed E-state index contributed by atoms with van der Waals surface area (Å²) in [6, 6.07) is 0.